The Morgan fingerprint density at radius 2 is 2.11 bits per heavy atom. The number of ether oxygens (including phenoxy) is 1. The summed E-state index contributed by atoms with van der Waals surface area (Å²) in [5, 5.41) is 0.931. The minimum Gasteiger partial charge on any atom is -0.491 e. The Hall–Kier alpha value is -0.970. The molecule has 100 valence electrons. The molecular weight excluding hydrogens is 275 g/mol. The number of carbonyl (C=O) groups is 1. The molecule has 4 nitrogen and oxygen atoms in total. The van der Waals surface area contributed by atoms with E-state index in [4.69, 9.17) is 39.4 Å². The van der Waals surface area contributed by atoms with E-state index in [9.17, 15) is 4.79 Å². The molecule has 0 heterocycles. The van der Waals surface area contributed by atoms with Crippen LogP contribution in [0.2, 0.25) is 10.0 Å². The third kappa shape index (κ3) is 4.72. The number of hydrogen-bond donors (Lipinski definition) is 2. The van der Waals surface area contributed by atoms with Crippen LogP contribution >= 0.6 is 23.2 Å². The van der Waals surface area contributed by atoms with Crippen molar-refractivity contribution in [1.29, 1.82) is 0 Å². The first-order valence-corrected chi connectivity index (χ1v) is 6.30. The first kappa shape index (κ1) is 15.1. The van der Waals surface area contributed by atoms with E-state index in [0.29, 0.717) is 22.2 Å². The standard InChI is InChI=1S/C12H16Cl2N2O2/c1-7(15)4-8-5-9(13)6-10(14)12(8)18-3-2-11(16)17/h5-7H,2-4,15H2,1H3,(H2,16,17). The number of hydrogen-bond acceptors (Lipinski definition) is 3. The van der Waals surface area contributed by atoms with Crippen LogP contribution in [-0.4, -0.2) is 18.6 Å². The first-order chi connectivity index (χ1) is 8.40. The average molecular weight is 291 g/mol. The number of halogens is 2. The van der Waals surface area contributed by atoms with Gasteiger partial charge in [-0.1, -0.05) is 23.2 Å². The quantitative estimate of drug-likeness (QED) is 0.842. The maximum absolute atomic E-state index is 10.7. The van der Waals surface area contributed by atoms with Crippen LogP contribution < -0.4 is 16.2 Å². The summed E-state index contributed by atoms with van der Waals surface area (Å²) < 4.78 is 5.49. The third-order valence-electron chi connectivity index (χ3n) is 2.22. The highest BCUT2D eigenvalue weighted by molar-refractivity contribution is 6.35. The maximum Gasteiger partial charge on any atom is 0.220 e. The lowest BCUT2D eigenvalue weighted by Gasteiger charge is -2.15. The molecule has 0 aliphatic rings. The summed E-state index contributed by atoms with van der Waals surface area (Å²) in [6, 6.07) is 3.31. The lowest BCUT2D eigenvalue weighted by molar-refractivity contribution is -0.118. The molecule has 0 aliphatic carbocycles. The van der Waals surface area contributed by atoms with Crippen LogP contribution in [0.1, 0.15) is 18.9 Å². The van der Waals surface area contributed by atoms with Crippen molar-refractivity contribution in [1.82, 2.24) is 0 Å². The van der Waals surface area contributed by atoms with Crippen molar-refractivity contribution >= 4 is 29.1 Å². The van der Waals surface area contributed by atoms with E-state index >= 15 is 0 Å². The summed E-state index contributed by atoms with van der Waals surface area (Å²) in [7, 11) is 0. The van der Waals surface area contributed by atoms with Gasteiger partial charge in [0.05, 0.1) is 18.1 Å². The summed E-state index contributed by atoms with van der Waals surface area (Å²) in [5.74, 6) is 0.0912. The summed E-state index contributed by atoms with van der Waals surface area (Å²) in [4.78, 5) is 10.7. The van der Waals surface area contributed by atoms with E-state index in [1.807, 2.05) is 6.92 Å². The summed E-state index contributed by atoms with van der Waals surface area (Å²) >= 11 is 12.0. The van der Waals surface area contributed by atoms with E-state index < -0.39 is 5.91 Å². The van der Waals surface area contributed by atoms with Crippen molar-refractivity contribution in [2.24, 2.45) is 11.5 Å². The number of rotatable bonds is 6. The van der Waals surface area contributed by atoms with Gasteiger partial charge < -0.3 is 16.2 Å². The summed E-state index contributed by atoms with van der Waals surface area (Å²) in [5.41, 5.74) is 11.6. The molecule has 0 radical (unpaired) electrons. The molecule has 1 aromatic rings. The van der Waals surface area contributed by atoms with Crippen LogP contribution in [0.15, 0.2) is 12.1 Å². The zero-order chi connectivity index (χ0) is 13.7. The van der Waals surface area contributed by atoms with Crippen LogP contribution in [0.25, 0.3) is 0 Å². The Morgan fingerprint density at radius 3 is 2.67 bits per heavy atom. The van der Waals surface area contributed by atoms with Crippen molar-refractivity contribution in [3.8, 4) is 5.75 Å². The second kappa shape index (κ2) is 6.83. The van der Waals surface area contributed by atoms with Gasteiger partial charge in [-0.05, 0) is 31.0 Å². The zero-order valence-electron chi connectivity index (χ0n) is 10.1. The molecule has 1 rings (SSSR count). The van der Waals surface area contributed by atoms with E-state index in [-0.39, 0.29) is 19.1 Å². The van der Waals surface area contributed by atoms with Gasteiger partial charge in [0.2, 0.25) is 5.91 Å². The van der Waals surface area contributed by atoms with E-state index in [2.05, 4.69) is 0 Å². The fraction of sp³-hybridized carbons (Fsp3) is 0.417. The van der Waals surface area contributed by atoms with Crippen molar-refractivity contribution < 1.29 is 9.53 Å². The van der Waals surface area contributed by atoms with Crippen LogP contribution in [-0.2, 0) is 11.2 Å². The molecule has 0 spiro atoms. The Kier molecular flexibility index (Phi) is 5.72. The van der Waals surface area contributed by atoms with Gasteiger partial charge >= 0.3 is 0 Å². The third-order valence-corrected chi connectivity index (χ3v) is 2.72. The molecular formula is C12H16Cl2N2O2. The van der Waals surface area contributed by atoms with Gasteiger partial charge in [0.15, 0.2) is 0 Å². The molecule has 1 amide bonds. The summed E-state index contributed by atoms with van der Waals surface area (Å²) in [6.45, 7) is 2.06. The SMILES string of the molecule is CC(N)Cc1cc(Cl)cc(Cl)c1OCCC(N)=O. The normalized spacial score (nSPS) is 12.2. The molecule has 0 saturated carbocycles. The molecule has 0 saturated heterocycles. The molecule has 0 bridgehead atoms. The average Bonchev–Trinajstić information content (AvgIpc) is 2.20. The second-order valence-electron chi connectivity index (χ2n) is 4.12. The molecule has 18 heavy (non-hydrogen) atoms. The molecule has 0 fully saturated rings. The fourth-order valence-corrected chi connectivity index (χ4v) is 2.12. The Balaban J connectivity index is 2.89. The topological polar surface area (TPSA) is 78.3 Å². The smallest absolute Gasteiger partial charge is 0.220 e. The molecule has 0 aromatic heterocycles. The number of carbonyl (C=O) groups excluding carboxylic acids is 1. The molecule has 0 aliphatic heterocycles. The number of primary amides is 1. The van der Waals surface area contributed by atoms with Gasteiger partial charge in [-0.15, -0.1) is 0 Å². The minimum atomic E-state index is -0.422. The monoisotopic (exact) mass is 290 g/mol. The van der Waals surface area contributed by atoms with Crippen molar-refractivity contribution in [2.75, 3.05) is 6.61 Å². The van der Waals surface area contributed by atoms with Gasteiger partial charge in [0.1, 0.15) is 5.75 Å². The van der Waals surface area contributed by atoms with E-state index in [1.54, 1.807) is 12.1 Å². The van der Waals surface area contributed by atoms with Crippen LogP contribution in [0.3, 0.4) is 0 Å². The van der Waals surface area contributed by atoms with Crippen molar-refractivity contribution in [3.63, 3.8) is 0 Å². The van der Waals surface area contributed by atoms with Crippen molar-refractivity contribution in [3.05, 3.63) is 27.7 Å². The van der Waals surface area contributed by atoms with Crippen molar-refractivity contribution in [2.45, 2.75) is 25.8 Å². The predicted molar refractivity (Wildman–Crippen MR) is 73.1 cm³/mol. The number of amides is 1. The number of nitrogens with two attached hydrogens (primary N) is 2. The lowest BCUT2D eigenvalue weighted by Crippen LogP contribution is -2.19. The van der Waals surface area contributed by atoms with Crippen LogP contribution in [0.4, 0.5) is 0 Å². The van der Waals surface area contributed by atoms with E-state index in [0.717, 1.165) is 5.56 Å². The van der Waals surface area contributed by atoms with Gasteiger partial charge in [-0.2, -0.15) is 0 Å². The summed E-state index contributed by atoms with van der Waals surface area (Å²) in [6.07, 6.45) is 0.725. The van der Waals surface area contributed by atoms with Gasteiger partial charge in [-0.3, -0.25) is 4.79 Å². The predicted octanol–water partition coefficient (Wildman–Crippen LogP) is 2.14. The largest absolute Gasteiger partial charge is 0.491 e. The van der Waals surface area contributed by atoms with Gasteiger partial charge in [-0.25, -0.2) is 0 Å². The molecule has 6 heteroatoms. The van der Waals surface area contributed by atoms with Gasteiger partial charge in [0.25, 0.3) is 0 Å². The number of benzene rings is 1. The second-order valence-corrected chi connectivity index (χ2v) is 4.97. The zero-order valence-corrected chi connectivity index (χ0v) is 11.6. The Labute approximate surface area is 116 Å². The first-order valence-electron chi connectivity index (χ1n) is 5.54. The molecule has 1 atom stereocenters. The molecule has 1 aromatic carbocycles. The van der Waals surface area contributed by atoms with Crippen LogP contribution in [0.5, 0.6) is 5.75 Å². The highest BCUT2D eigenvalue weighted by Crippen LogP contribution is 2.33. The maximum atomic E-state index is 10.7. The minimum absolute atomic E-state index is 0.0435. The van der Waals surface area contributed by atoms with E-state index in [1.165, 1.54) is 0 Å². The molecule has 1 unspecified atom stereocenters. The van der Waals surface area contributed by atoms with Crippen LogP contribution in [0, 0.1) is 0 Å². The Morgan fingerprint density at radius 1 is 1.44 bits per heavy atom. The molecule has 4 N–H and O–H groups in total. The lowest BCUT2D eigenvalue weighted by atomic mass is 10.1. The Bertz CT molecular complexity index is 436. The van der Waals surface area contributed by atoms with Gasteiger partial charge in [0, 0.05) is 11.1 Å². The fourth-order valence-electron chi connectivity index (χ4n) is 1.53. The highest BCUT2D eigenvalue weighted by atomic mass is 35.5. The highest BCUT2D eigenvalue weighted by Gasteiger charge is 2.12.